The first kappa shape index (κ1) is 15.4. The van der Waals surface area contributed by atoms with Gasteiger partial charge >= 0.3 is 0 Å². The minimum atomic E-state index is -0.880. The molecule has 0 spiro atoms. The molecule has 20 heavy (non-hydrogen) atoms. The minimum Gasteiger partial charge on any atom is -0.388 e. The molecule has 0 radical (unpaired) electrons. The molecule has 2 atom stereocenters. The number of benzene rings is 2. The van der Waals surface area contributed by atoms with E-state index >= 15 is 0 Å². The number of rotatable bonds is 4. The Morgan fingerprint density at radius 1 is 1.20 bits per heavy atom. The molecule has 0 heterocycles. The predicted octanol–water partition coefficient (Wildman–Crippen LogP) is 4.02. The van der Waals surface area contributed by atoms with Crippen LogP contribution >= 0.6 is 27.5 Å². The zero-order valence-electron chi connectivity index (χ0n) is 10.6. The van der Waals surface area contributed by atoms with Gasteiger partial charge in [0.2, 0.25) is 0 Å². The van der Waals surface area contributed by atoms with Crippen molar-refractivity contribution in [2.75, 3.05) is 6.54 Å². The number of nitrogens with two attached hydrogens (primary N) is 1. The molecule has 0 saturated heterocycles. The molecule has 0 aromatic heterocycles. The van der Waals surface area contributed by atoms with Gasteiger partial charge in [-0.2, -0.15) is 0 Å². The van der Waals surface area contributed by atoms with Crippen molar-refractivity contribution in [3.8, 4) is 0 Å². The Bertz CT molecular complexity index is 591. The summed E-state index contributed by atoms with van der Waals surface area (Å²) in [7, 11) is 0. The summed E-state index contributed by atoms with van der Waals surface area (Å²) >= 11 is 9.35. The van der Waals surface area contributed by atoms with Crippen LogP contribution in [0.3, 0.4) is 0 Å². The van der Waals surface area contributed by atoms with Crippen LogP contribution in [0, 0.1) is 5.82 Å². The maximum atomic E-state index is 13.1. The molecule has 2 aromatic rings. The third-order valence-electron chi connectivity index (χ3n) is 3.21. The molecule has 2 rings (SSSR count). The van der Waals surface area contributed by atoms with Crippen LogP contribution in [0.4, 0.5) is 4.39 Å². The lowest BCUT2D eigenvalue weighted by Crippen LogP contribution is -2.20. The van der Waals surface area contributed by atoms with Crippen LogP contribution in [0.5, 0.6) is 0 Å². The Morgan fingerprint density at radius 2 is 1.85 bits per heavy atom. The van der Waals surface area contributed by atoms with Gasteiger partial charge in [0.25, 0.3) is 0 Å². The molecule has 0 bridgehead atoms. The third-order valence-corrected chi connectivity index (χ3v) is 4.07. The molecule has 0 amide bonds. The van der Waals surface area contributed by atoms with Gasteiger partial charge in [0.1, 0.15) is 5.82 Å². The predicted molar refractivity (Wildman–Crippen MR) is 82.3 cm³/mol. The largest absolute Gasteiger partial charge is 0.388 e. The molecular weight excluding hydrogens is 345 g/mol. The van der Waals surface area contributed by atoms with E-state index in [0.29, 0.717) is 5.56 Å². The molecule has 0 aliphatic carbocycles. The number of aliphatic hydroxyl groups excluding tert-OH is 1. The molecule has 3 N–H and O–H groups in total. The Balaban J connectivity index is 2.33. The average molecular weight is 359 g/mol. The normalized spacial score (nSPS) is 14.1. The quantitative estimate of drug-likeness (QED) is 0.867. The van der Waals surface area contributed by atoms with Crippen molar-refractivity contribution in [3.63, 3.8) is 0 Å². The Hall–Kier alpha value is -0.940. The highest BCUT2D eigenvalue weighted by Gasteiger charge is 2.23. The van der Waals surface area contributed by atoms with E-state index in [-0.39, 0.29) is 17.5 Å². The van der Waals surface area contributed by atoms with Crippen LogP contribution in [-0.2, 0) is 0 Å². The highest BCUT2D eigenvalue weighted by atomic mass is 79.9. The molecule has 106 valence electrons. The Labute approximate surface area is 130 Å². The van der Waals surface area contributed by atoms with Crippen molar-refractivity contribution < 1.29 is 9.50 Å². The van der Waals surface area contributed by atoms with Crippen molar-refractivity contribution in [2.45, 2.75) is 12.0 Å². The van der Waals surface area contributed by atoms with Crippen LogP contribution in [0.2, 0.25) is 5.02 Å². The summed E-state index contributed by atoms with van der Waals surface area (Å²) in [4.78, 5) is 0. The van der Waals surface area contributed by atoms with Gasteiger partial charge in [-0.05, 0) is 35.4 Å². The standard InChI is InChI=1S/C15H14BrClFNO/c16-10-3-1-9(2-4-10)13(8-19)15(20)12-6-5-11(18)7-14(12)17/h1-7,13,15,20H,8,19H2. The fourth-order valence-corrected chi connectivity index (χ4v) is 2.66. The molecule has 5 heteroatoms. The maximum absolute atomic E-state index is 13.1. The number of halogens is 3. The molecule has 0 aliphatic heterocycles. The van der Waals surface area contributed by atoms with Gasteiger partial charge in [0.05, 0.1) is 6.10 Å². The monoisotopic (exact) mass is 357 g/mol. The number of aliphatic hydroxyl groups is 1. The number of hydrogen-bond acceptors (Lipinski definition) is 2. The first-order valence-corrected chi connectivity index (χ1v) is 7.28. The van der Waals surface area contributed by atoms with Crippen LogP contribution in [-0.4, -0.2) is 11.7 Å². The lowest BCUT2D eigenvalue weighted by atomic mass is 9.89. The molecule has 2 aromatic carbocycles. The van der Waals surface area contributed by atoms with Gasteiger partial charge in [-0.3, -0.25) is 0 Å². The molecule has 0 saturated carbocycles. The van der Waals surface area contributed by atoms with Gasteiger partial charge < -0.3 is 10.8 Å². The van der Waals surface area contributed by atoms with E-state index in [4.69, 9.17) is 17.3 Å². The highest BCUT2D eigenvalue weighted by Crippen LogP contribution is 2.34. The summed E-state index contributed by atoms with van der Waals surface area (Å²) in [5, 5.41) is 10.7. The maximum Gasteiger partial charge on any atom is 0.124 e. The fraction of sp³-hybridized carbons (Fsp3) is 0.200. The van der Waals surface area contributed by atoms with Gasteiger partial charge in [0, 0.05) is 22.0 Å². The topological polar surface area (TPSA) is 46.2 Å². The van der Waals surface area contributed by atoms with Crippen molar-refractivity contribution in [1.82, 2.24) is 0 Å². The van der Waals surface area contributed by atoms with Gasteiger partial charge in [-0.25, -0.2) is 4.39 Å². The summed E-state index contributed by atoms with van der Waals surface area (Å²) in [6.07, 6.45) is -0.880. The summed E-state index contributed by atoms with van der Waals surface area (Å²) in [5.74, 6) is -0.732. The molecule has 2 unspecified atom stereocenters. The first-order chi connectivity index (χ1) is 9.52. The van der Waals surface area contributed by atoms with E-state index in [1.54, 1.807) is 0 Å². The average Bonchev–Trinajstić information content (AvgIpc) is 2.41. The summed E-state index contributed by atoms with van der Waals surface area (Å²) in [6.45, 7) is 0.260. The molecule has 0 fully saturated rings. The van der Waals surface area contributed by atoms with E-state index in [1.807, 2.05) is 24.3 Å². The van der Waals surface area contributed by atoms with Gasteiger partial charge in [0.15, 0.2) is 0 Å². The smallest absolute Gasteiger partial charge is 0.124 e. The zero-order valence-corrected chi connectivity index (χ0v) is 12.9. The van der Waals surface area contributed by atoms with E-state index in [1.165, 1.54) is 18.2 Å². The van der Waals surface area contributed by atoms with E-state index < -0.39 is 11.9 Å². The van der Waals surface area contributed by atoms with Crippen LogP contribution < -0.4 is 5.73 Å². The zero-order chi connectivity index (χ0) is 14.7. The van der Waals surface area contributed by atoms with Crippen molar-refractivity contribution in [3.05, 3.63) is 68.9 Å². The molecular formula is C15H14BrClFNO. The van der Waals surface area contributed by atoms with Crippen molar-refractivity contribution in [2.24, 2.45) is 5.73 Å². The third kappa shape index (κ3) is 3.38. The SMILES string of the molecule is NCC(c1ccc(Br)cc1)C(O)c1ccc(F)cc1Cl. The van der Waals surface area contributed by atoms with Crippen molar-refractivity contribution >= 4 is 27.5 Å². The summed E-state index contributed by atoms with van der Waals surface area (Å²) in [6, 6.07) is 11.5. The van der Waals surface area contributed by atoms with Crippen molar-refractivity contribution in [1.29, 1.82) is 0 Å². The van der Waals surface area contributed by atoms with E-state index in [0.717, 1.165) is 10.0 Å². The first-order valence-electron chi connectivity index (χ1n) is 6.11. The molecule has 0 aliphatic rings. The van der Waals surface area contributed by atoms with Crippen LogP contribution in [0.25, 0.3) is 0 Å². The highest BCUT2D eigenvalue weighted by molar-refractivity contribution is 9.10. The second kappa shape index (κ2) is 6.68. The molecule has 2 nitrogen and oxygen atoms in total. The van der Waals surface area contributed by atoms with Gasteiger partial charge in [-0.15, -0.1) is 0 Å². The second-order valence-corrected chi connectivity index (χ2v) is 5.83. The van der Waals surface area contributed by atoms with E-state index in [9.17, 15) is 9.50 Å². The van der Waals surface area contributed by atoms with Crippen LogP contribution in [0.1, 0.15) is 23.1 Å². The van der Waals surface area contributed by atoms with Gasteiger partial charge in [-0.1, -0.05) is 45.7 Å². The summed E-state index contributed by atoms with van der Waals surface area (Å²) in [5.41, 5.74) is 7.16. The number of hydrogen-bond donors (Lipinski definition) is 2. The van der Waals surface area contributed by atoms with E-state index in [2.05, 4.69) is 15.9 Å². The van der Waals surface area contributed by atoms with Crippen LogP contribution in [0.15, 0.2) is 46.9 Å². The minimum absolute atomic E-state index is 0.202. The Kier molecular flexibility index (Phi) is 5.16. The Morgan fingerprint density at radius 3 is 2.40 bits per heavy atom. The summed E-state index contributed by atoms with van der Waals surface area (Å²) < 4.78 is 14.0. The second-order valence-electron chi connectivity index (χ2n) is 4.50. The fourth-order valence-electron chi connectivity index (χ4n) is 2.12. The lowest BCUT2D eigenvalue weighted by Gasteiger charge is -2.23. The lowest BCUT2D eigenvalue weighted by molar-refractivity contribution is 0.147.